The van der Waals surface area contributed by atoms with E-state index in [2.05, 4.69) is 39.7 Å². The van der Waals surface area contributed by atoms with Crippen molar-refractivity contribution in [3.8, 4) is 11.3 Å². The Morgan fingerprint density at radius 1 is 0.935 bits per heavy atom. The maximum atomic E-state index is 12.9. The molecule has 0 bridgehead atoms. The fourth-order valence-electron chi connectivity index (χ4n) is 3.75. The SMILES string of the molecule is O=C(Cn1c(-c2ccccc2)cc2ccccc21)Nc1ccn(Cc2cccnc2)n1. The summed E-state index contributed by atoms with van der Waals surface area (Å²) < 4.78 is 3.83. The van der Waals surface area contributed by atoms with Crippen molar-refractivity contribution in [1.29, 1.82) is 0 Å². The van der Waals surface area contributed by atoms with Crippen LogP contribution in [0.4, 0.5) is 5.82 Å². The minimum absolute atomic E-state index is 0.120. The average molecular weight is 407 g/mol. The predicted octanol–water partition coefficient (Wildman–Crippen LogP) is 4.59. The van der Waals surface area contributed by atoms with Crippen LogP contribution in [0.2, 0.25) is 0 Å². The number of para-hydroxylation sites is 1. The van der Waals surface area contributed by atoms with E-state index in [9.17, 15) is 4.79 Å². The van der Waals surface area contributed by atoms with Crippen molar-refractivity contribution in [3.63, 3.8) is 0 Å². The lowest BCUT2D eigenvalue weighted by atomic mass is 10.1. The van der Waals surface area contributed by atoms with Crippen LogP contribution in [0.15, 0.2) is 97.5 Å². The highest BCUT2D eigenvalue weighted by atomic mass is 16.2. The maximum Gasteiger partial charge on any atom is 0.245 e. The molecule has 0 spiro atoms. The number of anilines is 1. The van der Waals surface area contributed by atoms with E-state index in [4.69, 9.17) is 0 Å². The van der Waals surface area contributed by atoms with Gasteiger partial charge in [0.25, 0.3) is 0 Å². The van der Waals surface area contributed by atoms with Gasteiger partial charge in [0.05, 0.1) is 6.54 Å². The number of amides is 1. The topological polar surface area (TPSA) is 64.7 Å². The molecule has 0 fully saturated rings. The molecule has 0 aliphatic carbocycles. The van der Waals surface area contributed by atoms with Gasteiger partial charge in [0.15, 0.2) is 5.82 Å². The molecule has 5 rings (SSSR count). The number of hydrogen-bond donors (Lipinski definition) is 1. The van der Waals surface area contributed by atoms with E-state index in [-0.39, 0.29) is 12.5 Å². The van der Waals surface area contributed by atoms with Gasteiger partial charge in [0.1, 0.15) is 6.54 Å². The number of nitrogens with zero attached hydrogens (tertiary/aromatic N) is 4. The molecule has 0 unspecified atom stereocenters. The van der Waals surface area contributed by atoms with Crippen molar-refractivity contribution in [2.45, 2.75) is 13.1 Å². The van der Waals surface area contributed by atoms with Crippen LogP contribution in [-0.4, -0.2) is 25.2 Å². The molecular weight excluding hydrogens is 386 g/mol. The van der Waals surface area contributed by atoms with E-state index in [0.717, 1.165) is 27.7 Å². The molecule has 2 aromatic carbocycles. The summed E-state index contributed by atoms with van der Waals surface area (Å²) in [7, 11) is 0. The normalized spacial score (nSPS) is 11.0. The third-order valence-electron chi connectivity index (χ3n) is 5.16. The average Bonchev–Trinajstić information content (AvgIpc) is 3.39. The first-order chi connectivity index (χ1) is 15.3. The zero-order chi connectivity index (χ0) is 21.0. The van der Waals surface area contributed by atoms with Crippen molar-refractivity contribution in [2.24, 2.45) is 0 Å². The number of nitrogens with one attached hydrogen (secondary N) is 1. The molecule has 0 atom stereocenters. The van der Waals surface area contributed by atoms with Gasteiger partial charge in [-0.25, -0.2) is 0 Å². The third kappa shape index (κ3) is 4.09. The Morgan fingerprint density at radius 2 is 1.77 bits per heavy atom. The lowest BCUT2D eigenvalue weighted by Gasteiger charge is -2.11. The van der Waals surface area contributed by atoms with E-state index in [1.54, 1.807) is 16.9 Å². The summed E-state index contributed by atoms with van der Waals surface area (Å²) in [5.41, 5.74) is 4.17. The van der Waals surface area contributed by atoms with Gasteiger partial charge in [-0.3, -0.25) is 14.5 Å². The van der Waals surface area contributed by atoms with Crippen molar-refractivity contribution in [2.75, 3.05) is 5.32 Å². The van der Waals surface area contributed by atoms with Crippen LogP contribution in [0.3, 0.4) is 0 Å². The number of hydrogen-bond acceptors (Lipinski definition) is 3. The van der Waals surface area contributed by atoms with Crippen LogP contribution < -0.4 is 5.32 Å². The molecule has 152 valence electrons. The van der Waals surface area contributed by atoms with Crippen LogP contribution in [0.25, 0.3) is 22.2 Å². The number of carbonyl (C=O) groups excluding carboxylic acids is 1. The smallest absolute Gasteiger partial charge is 0.245 e. The molecule has 0 aliphatic heterocycles. The molecule has 3 aromatic heterocycles. The van der Waals surface area contributed by atoms with Gasteiger partial charge in [-0.1, -0.05) is 54.6 Å². The van der Waals surface area contributed by atoms with Crippen molar-refractivity contribution in [3.05, 3.63) is 103 Å². The van der Waals surface area contributed by atoms with E-state index in [1.807, 2.05) is 65.5 Å². The first-order valence-corrected chi connectivity index (χ1v) is 10.1. The second-order valence-electron chi connectivity index (χ2n) is 7.35. The fourth-order valence-corrected chi connectivity index (χ4v) is 3.75. The highest BCUT2D eigenvalue weighted by molar-refractivity contribution is 5.93. The highest BCUT2D eigenvalue weighted by Crippen LogP contribution is 2.28. The minimum atomic E-state index is -0.120. The highest BCUT2D eigenvalue weighted by Gasteiger charge is 2.14. The summed E-state index contributed by atoms with van der Waals surface area (Å²) in [5, 5.41) is 8.49. The molecule has 31 heavy (non-hydrogen) atoms. The molecule has 5 aromatic rings. The zero-order valence-corrected chi connectivity index (χ0v) is 16.8. The van der Waals surface area contributed by atoms with E-state index < -0.39 is 0 Å². The van der Waals surface area contributed by atoms with Gasteiger partial charge >= 0.3 is 0 Å². The Balaban J connectivity index is 1.36. The lowest BCUT2D eigenvalue weighted by Crippen LogP contribution is -2.19. The lowest BCUT2D eigenvalue weighted by molar-refractivity contribution is -0.116. The van der Waals surface area contributed by atoms with Crippen molar-refractivity contribution in [1.82, 2.24) is 19.3 Å². The van der Waals surface area contributed by atoms with Gasteiger partial charge < -0.3 is 9.88 Å². The minimum Gasteiger partial charge on any atom is -0.331 e. The quantitative estimate of drug-likeness (QED) is 0.448. The van der Waals surface area contributed by atoms with Crippen LogP contribution in [0, 0.1) is 0 Å². The molecular formula is C25H21N5O. The Labute approximate surface area is 179 Å². The maximum absolute atomic E-state index is 12.9. The van der Waals surface area contributed by atoms with Crippen LogP contribution in [0.1, 0.15) is 5.56 Å². The third-order valence-corrected chi connectivity index (χ3v) is 5.16. The summed E-state index contributed by atoms with van der Waals surface area (Å²) in [5.74, 6) is 0.414. The van der Waals surface area contributed by atoms with Crippen LogP contribution in [-0.2, 0) is 17.9 Å². The Hall–Kier alpha value is -4.19. The summed E-state index contributed by atoms with van der Waals surface area (Å²) in [6.07, 6.45) is 5.40. The Kier molecular flexibility index (Phi) is 5.02. The van der Waals surface area contributed by atoms with Gasteiger partial charge in [-0.2, -0.15) is 5.10 Å². The Morgan fingerprint density at radius 3 is 2.61 bits per heavy atom. The van der Waals surface area contributed by atoms with E-state index in [1.165, 1.54) is 0 Å². The van der Waals surface area contributed by atoms with Gasteiger partial charge in [0.2, 0.25) is 5.91 Å². The van der Waals surface area contributed by atoms with Crippen molar-refractivity contribution >= 4 is 22.6 Å². The fraction of sp³-hybridized carbons (Fsp3) is 0.0800. The molecule has 1 amide bonds. The largest absolute Gasteiger partial charge is 0.331 e. The molecule has 6 nitrogen and oxygen atoms in total. The number of rotatable bonds is 6. The standard InChI is InChI=1S/C25H21N5O/c31-25(27-24-12-14-29(28-24)17-19-7-6-13-26-16-19)18-30-22-11-5-4-10-21(22)15-23(30)20-8-2-1-3-9-20/h1-16H,17-18H2,(H,27,28,31). The number of fused-ring (bicyclic) bond motifs is 1. The van der Waals surface area contributed by atoms with Crippen LogP contribution in [0.5, 0.6) is 0 Å². The molecule has 0 saturated carbocycles. The molecule has 1 N–H and O–H groups in total. The molecule has 0 saturated heterocycles. The second kappa shape index (κ2) is 8.28. The van der Waals surface area contributed by atoms with Gasteiger partial charge in [0, 0.05) is 41.3 Å². The molecule has 3 heterocycles. The predicted molar refractivity (Wildman–Crippen MR) is 122 cm³/mol. The van der Waals surface area contributed by atoms with E-state index >= 15 is 0 Å². The van der Waals surface area contributed by atoms with Crippen molar-refractivity contribution < 1.29 is 4.79 Å². The monoisotopic (exact) mass is 407 g/mol. The first kappa shape index (κ1) is 18.8. The van der Waals surface area contributed by atoms with Crippen LogP contribution >= 0.6 is 0 Å². The number of aromatic nitrogens is 4. The van der Waals surface area contributed by atoms with Gasteiger partial charge in [-0.15, -0.1) is 0 Å². The summed E-state index contributed by atoms with van der Waals surface area (Å²) in [4.78, 5) is 17.0. The summed E-state index contributed by atoms with van der Waals surface area (Å²) >= 11 is 0. The zero-order valence-electron chi connectivity index (χ0n) is 16.8. The van der Waals surface area contributed by atoms with E-state index in [0.29, 0.717) is 12.4 Å². The molecule has 0 aliphatic rings. The summed E-state index contributed by atoms with van der Waals surface area (Å²) in [6.45, 7) is 0.803. The number of pyridine rings is 1. The number of benzene rings is 2. The molecule has 0 radical (unpaired) electrons. The first-order valence-electron chi connectivity index (χ1n) is 10.1. The van der Waals surface area contributed by atoms with Gasteiger partial charge in [-0.05, 0) is 29.3 Å². The molecule has 6 heteroatoms. The Bertz CT molecular complexity index is 1320. The number of carbonyl (C=O) groups is 1. The second-order valence-corrected chi connectivity index (χ2v) is 7.35. The summed E-state index contributed by atoms with van der Waals surface area (Å²) in [6, 6.07) is 26.0.